The predicted molar refractivity (Wildman–Crippen MR) is 70.2 cm³/mol. The Balaban J connectivity index is 1.91. The van der Waals surface area contributed by atoms with E-state index in [4.69, 9.17) is 0 Å². The van der Waals surface area contributed by atoms with E-state index in [-0.39, 0.29) is 0 Å². The molecule has 0 aromatic carbocycles. The van der Waals surface area contributed by atoms with Crippen LogP contribution >= 0.6 is 0 Å². The summed E-state index contributed by atoms with van der Waals surface area (Å²) in [5, 5.41) is 6.87. The van der Waals surface area contributed by atoms with Gasteiger partial charge in [-0.2, -0.15) is 0 Å². The van der Waals surface area contributed by atoms with Crippen molar-refractivity contribution in [3.63, 3.8) is 0 Å². The third-order valence-electron chi connectivity index (χ3n) is 3.22. The second-order valence-corrected chi connectivity index (χ2v) is 4.74. The zero-order chi connectivity index (χ0) is 12.1. The molecule has 2 rings (SSSR count). The van der Waals surface area contributed by atoms with Gasteiger partial charge in [-0.1, -0.05) is 6.92 Å². The molecule has 0 radical (unpaired) electrons. The average molecular weight is 234 g/mol. The van der Waals surface area contributed by atoms with Crippen molar-refractivity contribution in [1.82, 2.24) is 15.3 Å². The number of anilines is 1. The van der Waals surface area contributed by atoms with E-state index in [1.165, 1.54) is 19.4 Å². The van der Waals surface area contributed by atoms with Crippen molar-refractivity contribution in [3.05, 3.63) is 17.6 Å². The number of aryl methyl sites for hydroxylation is 2. The summed E-state index contributed by atoms with van der Waals surface area (Å²) in [5.41, 5.74) is 1.11. The molecule has 0 aliphatic carbocycles. The van der Waals surface area contributed by atoms with Gasteiger partial charge in [0.2, 0.25) is 0 Å². The van der Waals surface area contributed by atoms with Crippen LogP contribution in [0.4, 0.5) is 5.82 Å². The molecule has 4 nitrogen and oxygen atoms in total. The molecule has 1 saturated heterocycles. The Hall–Kier alpha value is -1.16. The number of piperidine rings is 1. The average Bonchev–Trinajstić information content (AvgIpc) is 2.37. The summed E-state index contributed by atoms with van der Waals surface area (Å²) >= 11 is 0. The van der Waals surface area contributed by atoms with Crippen molar-refractivity contribution in [1.29, 1.82) is 0 Å². The molecule has 1 unspecified atom stereocenters. The van der Waals surface area contributed by atoms with Crippen LogP contribution < -0.4 is 10.6 Å². The summed E-state index contributed by atoms with van der Waals surface area (Å²) in [4.78, 5) is 8.81. The van der Waals surface area contributed by atoms with Crippen molar-refractivity contribution in [2.75, 3.05) is 25.0 Å². The molecule has 1 fully saturated rings. The summed E-state index contributed by atoms with van der Waals surface area (Å²) in [7, 11) is 0. The van der Waals surface area contributed by atoms with E-state index in [0.29, 0.717) is 0 Å². The van der Waals surface area contributed by atoms with Gasteiger partial charge in [-0.25, -0.2) is 9.97 Å². The van der Waals surface area contributed by atoms with E-state index in [0.717, 1.165) is 42.8 Å². The molecule has 4 heteroatoms. The lowest BCUT2D eigenvalue weighted by molar-refractivity contribution is 0.392. The Morgan fingerprint density at radius 1 is 1.47 bits per heavy atom. The Morgan fingerprint density at radius 2 is 2.35 bits per heavy atom. The normalized spacial score (nSPS) is 20.2. The van der Waals surface area contributed by atoms with Crippen LogP contribution in [0.25, 0.3) is 0 Å². The minimum absolute atomic E-state index is 0.726. The first kappa shape index (κ1) is 12.3. The molecule has 1 atom stereocenters. The topological polar surface area (TPSA) is 49.8 Å². The summed E-state index contributed by atoms with van der Waals surface area (Å²) < 4.78 is 0. The van der Waals surface area contributed by atoms with Gasteiger partial charge >= 0.3 is 0 Å². The maximum absolute atomic E-state index is 4.42. The first-order chi connectivity index (χ1) is 8.28. The molecule has 17 heavy (non-hydrogen) atoms. The van der Waals surface area contributed by atoms with Crippen molar-refractivity contribution >= 4 is 5.82 Å². The van der Waals surface area contributed by atoms with Crippen LogP contribution in [0.2, 0.25) is 0 Å². The first-order valence-electron chi connectivity index (χ1n) is 6.57. The third-order valence-corrected chi connectivity index (χ3v) is 3.22. The molecule has 0 amide bonds. The van der Waals surface area contributed by atoms with E-state index >= 15 is 0 Å². The highest BCUT2D eigenvalue weighted by Crippen LogP contribution is 2.12. The molecule has 1 aliphatic rings. The number of rotatable bonds is 4. The van der Waals surface area contributed by atoms with Crippen molar-refractivity contribution < 1.29 is 0 Å². The molecule has 0 saturated carbocycles. The van der Waals surface area contributed by atoms with Crippen LogP contribution in [0, 0.1) is 12.8 Å². The summed E-state index contributed by atoms with van der Waals surface area (Å²) in [6.07, 6.45) is 3.56. The Bertz CT molecular complexity index is 358. The van der Waals surface area contributed by atoms with Crippen LogP contribution in [0.15, 0.2) is 6.07 Å². The molecule has 1 aromatic heterocycles. The number of hydrogen-bond donors (Lipinski definition) is 2. The maximum Gasteiger partial charge on any atom is 0.129 e. The van der Waals surface area contributed by atoms with Crippen LogP contribution in [-0.4, -0.2) is 29.6 Å². The fourth-order valence-corrected chi connectivity index (χ4v) is 2.25. The number of nitrogens with one attached hydrogen (secondary N) is 2. The molecule has 0 spiro atoms. The van der Waals surface area contributed by atoms with Gasteiger partial charge in [0.1, 0.15) is 11.6 Å². The second-order valence-electron chi connectivity index (χ2n) is 4.74. The van der Waals surface area contributed by atoms with Gasteiger partial charge < -0.3 is 10.6 Å². The Labute approximate surface area is 103 Å². The molecule has 1 aliphatic heterocycles. The molecule has 94 valence electrons. The van der Waals surface area contributed by atoms with E-state index in [1.807, 2.05) is 6.92 Å². The second kappa shape index (κ2) is 5.96. The van der Waals surface area contributed by atoms with Gasteiger partial charge in [0.15, 0.2) is 0 Å². The van der Waals surface area contributed by atoms with Crippen LogP contribution in [-0.2, 0) is 6.42 Å². The van der Waals surface area contributed by atoms with E-state index in [1.54, 1.807) is 0 Å². The maximum atomic E-state index is 4.42. The van der Waals surface area contributed by atoms with E-state index in [2.05, 4.69) is 33.6 Å². The number of aromatic nitrogens is 2. The lowest BCUT2D eigenvalue weighted by Gasteiger charge is -2.23. The molecule has 2 N–H and O–H groups in total. The monoisotopic (exact) mass is 234 g/mol. The number of hydrogen-bond acceptors (Lipinski definition) is 4. The minimum atomic E-state index is 0.726. The van der Waals surface area contributed by atoms with Crippen LogP contribution in [0.3, 0.4) is 0 Å². The van der Waals surface area contributed by atoms with E-state index in [9.17, 15) is 0 Å². The van der Waals surface area contributed by atoms with Gasteiger partial charge in [-0.3, -0.25) is 0 Å². The van der Waals surface area contributed by atoms with Gasteiger partial charge in [-0.05, 0) is 45.2 Å². The molecule has 2 heterocycles. The molecular formula is C13H22N4. The molecular weight excluding hydrogens is 212 g/mol. The van der Waals surface area contributed by atoms with Crippen molar-refractivity contribution in [2.45, 2.75) is 33.1 Å². The zero-order valence-electron chi connectivity index (χ0n) is 10.8. The summed E-state index contributed by atoms with van der Waals surface area (Å²) in [5.74, 6) is 2.55. The standard InChI is InChI=1S/C13H22N4/c1-3-12-7-13(17-10(2)16-12)15-9-11-5-4-6-14-8-11/h7,11,14H,3-6,8-9H2,1-2H3,(H,15,16,17). The first-order valence-corrected chi connectivity index (χ1v) is 6.57. The molecule has 1 aromatic rings. The minimum Gasteiger partial charge on any atom is -0.370 e. The smallest absolute Gasteiger partial charge is 0.129 e. The van der Waals surface area contributed by atoms with Crippen molar-refractivity contribution in [3.8, 4) is 0 Å². The summed E-state index contributed by atoms with van der Waals surface area (Å²) in [6.45, 7) is 7.37. The fourth-order valence-electron chi connectivity index (χ4n) is 2.25. The highest BCUT2D eigenvalue weighted by Gasteiger charge is 2.12. The molecule has 0 bridgehead atoms. The largest absolute Gasteiger partial charge is 0.370 e. The quantitative estimate of drug-likeness (QED) is 0.833. The third kappa shape index (κ3) is 3.66. The predicted octanol–water partition coefficient (Wildman–Crippen LogP) is 1.76. The van der Waals surface area contributed by atoms with Gasteiger partial charge in [0, 0.05) is 18.3 Å². The zero-order valence-corrected chi connectivity index (χ0v) is 10.8. The van der Waals surface area contributed by atoms with E-state index < -0.39 is 0 Å². The van der Waals surface area contributed by atoms with Gasteiger partial charge in [0.05, 0.1) is 0 Å². The highest BCUT2D eigenvalue weighted by molar-refractivity contribution is 5.36. The fraction of sp³-hybridized carbons (Fsp3) is 0.692. The Morgan fingerprint density at radius 3 is 3.06 bits per heavy atom. The lowest BCUT2D eigenvalue weighted by Crippen LogP contribution is -2.33. The SMILES string of the molecule is CCc1cc(NCC2CCCNC2)nc(C)n1. The Kier molecular flexibility index (Phi) is 4.31. The lowest BCUT2D eigenvalue weighted by atomic mass is 10.00. The number of nitrogens with zero attached hydrogens (tertiary/aromatic N) is 2. The van der Waals surface area contributed by atoms with Crippen LogP contribution in [0.5, 0.6) is 0 Å². The highest BCUT2D eigenvalue weighted by atomic mass is 15.0. The van der Waals surface area contributed by atoms with Gasteiger partial charge in [0.25, 0.3) is 0 Å². The summed E-state index contributed by atoms with van der Waals surface area (Å²) in [6, 6.07) is 2.06. The van der Waals surface area contributed by atoms with Crippen LogP contribution in [0.1, 0.15) is 31.3 Å². The van der Waals surface area contributed by atoms with Gasteiger partial charge in [-0.15, -0.1) is 0 Å². The van der Waals surface area contributed by atoms with Crippen molar-refractivity contribution in [2.24, 2.45) is 5.92 Å².